The van der Waals surface area contributed by atoms with Crippen LogP contribution in [0.4, 0.5) is 5.69 Å². The van der Waals surface area contributed by atoms with E-state index in [1.807, 2.05) is 0 Å². The monoisotopic (exact) mass is 277 g/mol. The number of benzene rings is 2. The van der Waals surface area contributed by atoms with Gasteiger partial charge in [0.1, 0.15) is 11.5 Å². The van der Waals surface area contributed by atoms with Crippen LogP contribution in [0.2, 0.25) is 5.02 Å². The average molecular weight is 278 g/mol. The van der Waals surface area contributed by atoms with E-state index < -0.39 is 4.92 Å². The Balaban J connectivity index is 2.33. The first kappa shape index (κ1) is 13.0. The van der Waals surface area contributed by atoms with Gasteiger partial charge in [0, 0.05) is 11.1 Å². The Kier molecular flexibility index (Phi) is 3.77. The molecular weight excluding hydrogens is 270 g/mol. The molecule has 0 bridgehead atoms. The molecule has 0 unspecified atom stereocenters. The molecule has 0 aliphatic rings. The molecule has 0 aliphatic carbocycles. The third-order valence-electron chi connectivity index (χ3n) is 2.36. The highest BCUT2D eigenvalue weighted by Gasteiger charge is 2.09. The van der Waals surface area contributed by atoms with Gasteiger partial charge in [0.2, 0.25) is 0 Å². The van der Waals surface area contributed by atoms with Crippen LogP contribution in [0.25, 0.3) is 0 Å². The van der Waals surface area contributed by atoms with Crippen LogP contribution in [0.1, 0.15) is 10.4 Å². The number of nitro benzene ring substituents is 1. The summed E-state index contributed by atoms with van der Waals surface area (Å²) in [5.41, 5.74) is 0.193. The van der Waals surface area contributed by atoms with Crippen LogP contribution in [-0.4, -0.2) is 11.2 Å². The highest BCUT2D eigenvalue weighted by atomic mass is 35.5. The number of carbonyl (C=O) groups excluding carboxylic acids is 1. The molecule has 0 spiro atoms. The topological polar surface area (TPSA) is 69.4 Å². The lowest BCUT2D eigenvalue weighted by Crippen LogP contribution is -1.92. The van der Waals surface area contributed by atoms with Gasteiger partial charge >= 0.3 is 0 Å². The molecule has 0 amide bonds. The number of nitrogens with zero attached hydrogens (tertiary/aromatic N) is 1. The SMILES string of the molecule is O=Cc1cc(Cl)ccc1Oc1cccc([N+](=O)[O-])c1. The van der Waals surface area contributed by atoms with Crippen molar-refractivity contribution in [1.29, 1.82) is 0 Å². The van der Waals surface area contributed by atoms with Gasteiger partial charge in [0.15, 0.2) is 6.29 Å². The molecule has 19 heavy (non-hydrogen) atoms. The van der Waals surface area contributed by atoms with E-state index in [-0.39, 0.29) is 17.0 Å². The van der Waals surface area contributed by atoms with Gasteiger partial charge in [-0.1, -0.05) is 17.7 Å². The van der Waals surface area contributed by atoms with Gasteiger partial charge in [0.25, 0.3) is 5.69 Å². The zero-order chi connectivity index (χ0) is 13.8. The minimum Gasteiger partial charge on any atom is -0.456 e. The summed E-state index contributed by atoms with van der Waals surface area (Å²) >= 11 is 5.76. The second-order valence-electron chi connectivity index (χ2n) is 3.66. The number of aldehydes is 1. The Labute approximate surface area is 113 Å². The second kappa shape index (κ2) is 5.49. The number of ether oxygens (including phenoxy) is 1. The van der Waals surface area contributed by atoms with E-state index in [2.05, 4.69) is 0 Å². The summed E-state index contributed by atoms with van der Waals surface area (Å²) in [5.74, 6) is 0.569. The van der Waals surface area contributed by atoms with Crippen LogP contribution >= 0.6 is 11.6 Å². The Hall–Kier alpha value is -2.40. The van der Waals surface area contributed by atoms with Crippen molar-refractivity contribution in [2.24, 2.45) is 0 Å². The summed E-state index contributed by atoms with van der Waals surface area (Å²) < 4.78 is 5.45. The number of rotatable bonds is 4. The van der Waals surface area contributed by atoms with E-state index >= 15 is 0 Å². The van der Waals surface area contributed by atoms with Crippen LogP contribution in [0.15, 0.2) is 42.5 Å². The quantitative estimate of drug-likeness (QED) is 0.483. The second-order valence-corrected chi connectivity index (χ2v) is 4.09. The number of hydrogen-bond acceptors (Lipinski definition) is 4. The fraction of sp³-hybridized carbons (Fsp3) is 0. The van der Waals surface area contributed by atoms with E-state index in [0.717, 1.165) is 0 Å². The first-order valence-corrected chi connectivity index (χ1v) is 5.65. The third kappa shape index (κ3) is 3.08. The molecule has 0 heterocycles. The fourth-order valence-electron chi connectivity index (χ4n) is 1.49. The molecule has 0 saturated heterocycles. The van der Waals surface area contributed by atoms with Crippen molar-refractivity contribution in [3.8, 4) is 11.5 Å². The molecule has 6 heteroatoms. The van der Waals surface area contributed by atoms with Crippen molar-refractivity contribution in [1.82, 2.24) is 0 Å². The lowest BCUT2D eigenvalue weighted by atomic mass is 10.2. The lowest BCUT2D eigenvalue weighted by molar-refractivity contribution is -0.384. The standard InChI is InChI=1S/C13H8ClNO4/c14-10-4-5-13(9(6-10)8-16)19-12-3-1-2-11(7-12)15(17)18/h1-8H. The largest absolute Gasteiger partial charge is 0.456 e. The first-order valence-electron chi connectivity index (χ1n) is 5.27. The normalized spacial score (nSPS) is 9.95. The summed E-state index contributed by atoms with van der Waals surface area (Å²) in [4.78, 5) is 21.0. The molecule has 0 saturated carbocycles. The van der Waals surface area contributed by atoms with Crippen molar-refractivity contribution >= 4 is 23.6 Å². The van der Waals surface area contributed by atoms with Crippen molar-refractivity contribution in [2.45, 2.75) is 0 Å². The van der Waals surface area contributed by atoms with Crippen molar-refractivity contribution in [3.05, 3.63) is 63.2 Å². The summed E-state index contributed by atoms with van der Waals surface area (Å²) in [6.07, 6.45) is 0.610. The highest BCUT2D eigenvalue weighted by Crippen LogP contribution is 2.28. The van der Waals surface area contributed by atoms with Gasteiger partial charge in [-0.25, -0.2) is 0 Å². The van der Waals surface area contributed by atoms with Crippen molar-refractivity contribution in [3.63, 3.8) is 0 Å². The van der Waals surface area contributed by atoms with E-state index in [0.29, 0.717) is 17.1 Å². The number of non-ortho nitro benzene ring substituents is 1. The van der Waals surface area contributed by atoms with Gasteiger partial charge in [-0.2, -0.15) is 0 Å². The Bertz CT molecular complexity index is 642. The maximum absolute atomic E-state index is 10.9. The Morgan fingerprint density at radius 2 is 2.00 bits per heavy atom. The summed E-state index contributed by atoms with van der Waals surface area (Å²) in [7, 11) is 0. The van der Waals surface area contributed by atoms with Gasteiger partial charge in [0.05, 0.1) is 16.6 Å². The van der Waals surface area contributed by atoms with Gasteiger partial charge < -0.3 is 4.74 Å². The predicted octanol–water partition coefficient (Wildman–Crippen LogP) is 3.85. The summed E-state index contributed by atoms with van der Waals surface area (Å²) in [6, 6.07) is 10.3. The molecule has 0 radical (unpaired) electrons. The number of halogens is 1. The number of nitro groups is 1. The lowest BCUT2D eigenvalue weighted by Gasteiger charge is -2.07. The molecule has 0 fully saturated rings. The van der Waals surface area contributed by atoms with E-state index in [1.54, 1.807) is 12.1 Å². The molecule has 0 aromatic heterocycles. The molecule has 2 aromatic rings. The Morgan fingerprint density at radius 3 is 2.68 bits per heavy atom. The fourth-order valence-corrected chi connectivity index (χ4v) is 1.67. The van der Waals surface area contributed by atoms with E-state index in [9.17, 15) is 14.9 Å². The maximum Gasteiger partial charge on any atom is 0.273 e. The highest BCUT2D eigenvalue weighted by molar-refractivity contribution is 6.30. The zero-order valence-electron chi connectivity index (χ0n) is 9.58. The molecule has 96 valence electrons. The van der Waals surface area contributed by atoms with Crippen LogP contribution in [0.3, 0.4) is 0 Å². The molecule has 0 aliphatic heterocycles. The van der Waals surface area contributed by atoms with Crippen LogP contribution in [0, 0.1) is 10.1 Å². The summed E-state index contributed by atoms with van der Waals surface area (Å²) in [5, 5.41) is 11.1. The predicted molar refractivity (Wildman–Crippen MR) is 70.0 cm³/mol. The van der Waals surface area contributed by atoms with Crippen LogP contribution < -0.4 is 4.74 Å². The number of hydrogen-bond donors (Lipinski definition) is 0. The molecule has 0 atom stereocenters. The van der Waals surface area contributed by atoms with Crippen LogP contribution in [0.5, 0.6) is 11.5 Å². The maximum atomic E-state index is 10.9. The van der Waals surface area contributed by atoms with Crippen molar-refractivity contribution < 1.29 is 14.5 Å². The van der Waals surface area contributed by atoms with Gasteiger partial charge in [-0.15, -0.1) is 0 Å². The third-order valence-corrected chi connectivity index (χ3v) is 2.59. The minimum absolute atomic E-state index is 0.0842. The summed E-state index contributed by atoms with van der Waals surface area (Å²) in [6.45, 7) is 0. The van der Waals surface area contributed by atoms with Crippen molar-refractivity contribution in [2.75, 3.05) is 0 Å². The van der Waals surface area contributed by atoms with Gasteiger partial charge in [-0.05, 0) is 24.3 Å². The number of carbonyl (C=O) groups is 1. The Morgan fingerprint density at radius 1 is 1.21 bits per heavy atom. The minimum atomic E-state index is -0.518. The molecule has 0 N–H and O–H groups in total. The first-order chi connectivity index (χ1) is 9.10. The zero-order valence-corrected chi connectivity index (χ0v) is 10.3. The molecular formula is C13H8ClNO4. The van der Waals surface area contributed by atoms with Crippen LogP contribution in [-0.2, 0) is 0 Å². The average Bonchev–Trinajstić information content (AvgIpc) is 2.41. The molecule has 2 rings (SSSR count). The van der Waals surface area contributed by atoms with E-state index in [1.165, 1.54) is 30.3 Å². The van der Waals surface area contributed by atoms with Gasteiger partial charge in [-0.3, -0.25) is 14.9 Å². The molecule has 5 nitrogen and oxygen atoms in total. The molecule has 2 aromatic carbocycles. The van der Waals surface area contributed by atoms with E-state index in [4.69, 9.17) is 16.3 Å². The smallest absolute Gasteiger partial charge is 0.273 e.